The van der Waals surface area contributed by atoms with Gasteiger partial charge in [-0.05, 0) is 85.9 Å². The standard InChI is InChI=1S/C36H44ClN5O6S/c1-25-9-7-11-30(46-3)12-8-18-42-19-17-26-13-15-29(37)21-27(26)10-5-6-20-48-33-16-14-28(22-32(33)42)34(43)39-49(45,24-25)40-35(44)31-23-41(2)38-36(31)47-4/h13-16,21-23,25,30H,5-6,8-10,12,17-20,24H2,1-4H3,(H,39,40,43,44,45)/t25-,30-,49?/m0/s1. The number of aromatic nitrogens is 2. The van der Waals surface area contributed by atoms with E-state index in [1.54, 1.807) is 32.4 Å². The topological polar surface area (TPSA) is 124 Å². The molecule has 5 rings (SSSR count). The van der Waals surface area contributed by atoms with E-state index in [1.807, 2.05) is 19.1 Å². The second-order valence-electron chi connectivity index (χ2n) is 12.5. The highest BCUT2D eigenvalue weighted by atomic mass is 35.5. The molecule has 3 atom stereocenters. The zero-order chi connectivity index (χ0) is 35.0. The lowest BCUT2D eigenvalue weighted by atomic mass is 9.99. The average Bonchev–Trinajstić information content (AvgIpc) is 3.45. The van der Waals surface area contributed by atoms with Crippen LogP contribution in [0.5, 0.6) is 11.6 Å². The molecule has 0 spiro atoms. The SMILES string of the molecule is COc1nn(C)cc1C(=O)NS1(=O)=NC(=O)c2ccc3c(c2)N(CCC[C@@H](OC)C#CC[C@H](C)C1)CCc1ccc(Cl)cc1CCCCO3. The molecule has 2 aliphatic rings. The monoisotopic (exact) mass is 709 g/mol. The van der Waals surface area contributed by atoms with Crippen molar-refractivity contribution in [1.29, 1.82) is 0 Å². The van der Waals surface area contributed by atoms with E-state index in [2.05, 4.69) is 37.0 Å². The summed E-state index contributed by atoms with van der Waals surface area (Å²) in [5, 5.41) is 4.84. The molecule has 262 valence electrons. The van der Waals surface area contributed by atoms with Crippen LogP contribution in [0.2, 0.25) is 5.02 Å². The summed E-state index contributed by atoms with van der Waals surface area (Å²) in [6, 6.07) is 11.2. The fourth-order valence-corrected chi connectivity index (χ4v) is 8.13. The normalized spacial score (nSPS) is 22.1. The molecule has 3 heterocycles. The van der Waals surface area contributed by atoms with E-state index in [0.717, 1.165) is 42.8 Å². The maximum Gasteiger partial charge on any atom is 0.286 e. The molecule has 0 saturated heterocycles. The van der Waals surface area contributed by atoms with Crippen molar-refractivity contribution >= 4 is 39.0 Å². The highest BCUT2D eigenvalue weighted by Crippen LogP contribution is 2.32. The lowest BCUT2D eigenvalue weighted by molar-refractivity contribution is 0.0979. The van der Waals surface area contributed by atoms with Gasteiger partial charge in [0.1, 0.15) is 27.3 Å². The number of fused-ring (bicyclic) bond motifs is 2. The van der Waals surface area contributed by atoms with Crippen LogP contribution in [0.15, 0.2) is 47.0 Å². The maximum atomic E-state index is 14.4. The Labute approximate surface area is 293 Å². The van der Waals surface area contributed by atoms with Gasteiger partial charge < -0.3 is 19.1 Å². The van der Waals surface area contributed by atoms with Crippen LogP contribution in [0.1, 0.15) is 70.9 Å². The number of amides is 2. The number of nitrogens with zero attached hydrogens (tertiary/aromatic N) is 4. The number of hydrogen-bond donors (Lipinski definition) is 1. The van der Waals surface area contributed by atoms with Gasteiger partial charge >= 0.3 is 0 Å². The summed E-state index contributed by atoms with van der Waals surface area (Å²) in [6.45, 7) is 3.68. The van der Waals surface area contributed by atoms with Crippen LogP contribution in [-0.4, -0.2) is 71.6 Å². The molecular formula is C36H44ClN5O6S. The van der Waals surface area contributed by atoms with E-state index in [1.165, 1.54) is 29.1 Å². The van der Waals surface area contributed by atoms with Crippen LogP contribution in [0.4, 0.5) is 5.69 Å². The third-order valence-corrected chi connectivity index (χ3v) is 10.8. The fourth-order valence-electron chi connectivity index (χ4n) is 6.07. The van der Waals surface area contributed by atoms with Crippen molar-refractivity contribution in [3.63, 3.8) is 0 Å². The summed E-state index contributed by atoms with van der Waals surface area (Å²) in [7, 11) is 1.06. The number of nitrogens with one attached hydrogen (secondary N) is 1. The van der Waals surface area contributed by atoms with Gasteiger partial charge in [0.2, 0.25) is 5.88 Å². The minimum absolute atomic E-state index is 0.0674. The van der Waals surface area contributed by atoms with E-state index in [0.29, 0.717) is 38.3 Å². The number of hydrogen-bond acceptors (Lipinski definition) is 8. The lowest BCUT2D eigenvalue weighted by Gasteiger charge is -2.29. The minimum Gasteiger partial charge on any atom is -0.491 e. The smallest absolute Gasteiger partial charge is 0.286 e. The van der Waals surface area contributed by atoms with E-state index in [4.69, 9.17) is 25.8 Å². The van der Waals surface area contributed by atoms with Crippen LogP contribution in [-0.2, 0) is 34.5 Å². The Balaban J connectivity index is 1.56. The van der Waals surface area contributed by atoms with Crippen molar-refractivity contribution in [2.24, 2.45) is 17.3 Å². The number of carbonyl (C=O) groups is 2. The van der Waals surface area contributed by atoms with Gasteiger partial charge in [-0.2, -0.15) is 0 Å². The largest absolute Gasteiger partial charge is 0.491 e. The number of ether oxygens (including phenoxy) is 3. The first-order valence-corrected chi connectivity index (χ1v) is 18.6. The number of benzene rings is 2. The third-order valence-electron chi connectivity index (χ3n) is 8.58. The molecule has 2 aliphatic heterocycles. The summed E-state index contributed by atoms with van der Waals surface area (Å²) in [4.78, 5) is 29.5. The Hall–Kier alpha value is -4.05. The summed E-state index contributed by atoms with van der Waals surface area (Å²) in [6.07, 6.45) is 6.50. The molecule has 0 aliphatic carbocycles. The van der Waals surface area contributed by atoms with Crippen molar-refractivity contribution in [2.75, 3.05) is 44.6 Å². The maximum absolute atomic E-state index is 14.4. The van der Waals surface area contributed by atoms with Gasteiger partial charge in [-0.1, -0.05) is 30.5 Å². The zero-order valence-electron chi connectivity index (χ0n) is 28.5. The fraction of sp³-hybridized carbons (Fsp3) is 0.472. The van der Waals surface area contributed by atoms with Crippen LogP contribution >= 0.6 is 11.6 Å². The molecule has 1 unspecified atom stereocenters. The molecule has 0 radical (unpaired) electrons. The van der Waals surface area contributed by atoms with Crippen molar-refractivity contribution in [2.45, 2.75) is 58.0 Å². The number of aryl methyl sites for hydroxylation is 2. The minimum atomic E-state index is -3.62. The zero-order valence-corrected chi connectivity index (χ0v) is 30.1. The predicted octanol–water partition coefficient (Wildman–Crippen LogP) is 5.64. The highest BCUT2D eigenvalue weighted by Gasteiger charge is 2.25. The van der Waals surface area contributed by atoms with Crippen molar-refractivity contribution < 1.29 is 28.0 Å². The molecule has 1 N–H and O–H groups in total. The van der Waals surface area contributed by atoms with Crippen molar-refractivity contribution in [3.05, 3.63) is 69.9 Å². The first kappa shape index (κ1) is 36.2. The molecule has 3 aromatic rings. The third kappa shape index (κ3) is 9.56. The van der Waals surface area contributed by atoms with Crippen molar-refractivity contribution in [3.8, 4) is 23.5 Å². The first-order valence-electron chi connectivity index (χ1n) is 16.6. The Morgan fingerprint density at radius 3 is 2.73 bits per heavy atom. The lowest BCUT2D eigenvalue weighted by Crippen LogP contribution is -2.35. The first-order chi connectivity index (χ1) is 23.6. The van der Waals surface area contributed by atoms with Gasteiger partial charge in [-0.25, -0.2) is 4.21 Å². The predicted molar refractivity (Wildman–Crippen MR) is 191 cm³/mol. The van der Waals surface area contributed by atoms with E-state index in [9.17, 15) is 13.8 Å². The molecule has 0 fully saturated rings. The van der Waals surface area contributed by atoms with Gasteiger partial charge in [0.05, 0.1) is 25.2 Å². The number of carbonyl (C=O) groups excluding carboxylic acids is 2. The van der Waals surface area contributed by atoms with E-state index < -0.39 is 21.7 Å². The van der Waals surface area contributed by atoms with Gasteiger partial charge in [0.15, 0.2) is 0 Å². The second kappa shape index (κ2) is 16.6. The Bertz CT molecular complexity index is 1860. The van der Waals surface area contributed by atoms with E-state index >= 15 is 0 Å². The molecule has 2 amide bonds. The number of methoxy groups -OCH3 is 2. The van der Waals surface area contributed by atoms with Gasteiger partial charge in [0.25, 0.3) is 11.8 Å². The number of rotatable bonds is 4. The van der Waals surface area contributed by atoms with E-state index in [-0.39, 0.29) is 34.8 Å². The number of halogens is 1. The van der Waals surface area contributed by atoms with Gasteiger partial charge in [-0.15, -0.1) is 15.4 Å². The Morgan fingerprint density at radius 1 is 1.10 bits per heavy atom. The van der Waals surface area contributed by atoms with Crippen molar-refractivity contribution in [1.82, 2.24) is 14.5 Å². The summed E-state index contributed by atoms with van der Waals surface area (Å²) >= 11 is 6.37. The average molecular weight is 710 g/mol. The molecule has 13 heteroatoms. The Morgan fingerprint density at radius 2 is 1.94 bits per heavy atom. The summed E-state index contributed by atoms with van der Waals surface area (Å²) in [5.74, 6) is 5.32. The molecular weight excluding hydrogens is 666 g/mol. The molecule has 49 heavy (non-hydrogen) atoms. The van der Waals surface area contributed by atoms with Crippen LogP contribution < -0.4 is 19.1 Å². The summed E-state index contributed by atoms with van der Waals surface area (Å²) in [5.41, 5.74) is 3.52. The summed E-state index contributed by atoms with van der Waals surface area (Å²) < 4.78 is 39.8. The van der Waals surface area contributed by atoms with Crippen LogP contribution in [0.25, 0.3) is 0 Å². The van der Waals surface area contributed by atoms with Gasteiger partial charge in [-0.3, -0.25) is 19.0 Å². The quantitative estimate of drug-likeness (QED) is 0.346. The molecule has 2 aromatic carbocycles. The second-order valence-corrected chi connectivity index (χ2v) is 14.9. The Kier molecular flexibility index (Phi) is 12.3. The molecule has 1 aromatic heterocycles. The van der Waals surface area contributed by atoms with Gasteiger partial charge in [0, 0.05) is 50.5 Å². The highest BCUT2D eigenvalue weighted by molar-refractivity contribution is 7.92. The van der Waals surface area contributed by atoms with Crippen LogP contribution in [0.3, 0.4) is 0 Å². The van der Waals surface area contributed by atoms with Crippen LogP contribution in [0, 0.1) is 17.8 Å². The molecule has 2 bridgehead atoms. The number of anilines is 1. The molecule has 11 nitrogen and oxygen atoms in total. The molecule has 0 saturated carbocycles.